The van der Waals surface area contributed by atoms with Crippen molar-refractivity contribution in [1.82, 2.24) is 4.98 Å². The predicted octanol–water partition coefficient (Wildman–Crippen LogP) is 4.79. The van der Waals surface area contributed by atoms with Crippen LogP contribution < -0.4 is 0 Å². The monoisotopic (exact) mass is 579 g/mol. The Morgan fingerprint density at radius 3 is 1.50 bits per heavy atom. The van der Waals surface area contributed by atoms with Gasteiger partial charge < -0.3 is 19.7 Å². The molecule has 1 heterocycles. The number of ketones is 2. The largest absolute Gasteiger partial charge is 0.469 e. The molecule has 9 nitrogen and oxygen atoms in total. The minimum atomic E-state index is -1.14. The second-order valence-electron chi connectivity index (χ2n) is 10.6. The summed E-state index contributed by atoms with van der Waals surface area (Å²) in [7, 11) is 2.40. The van der Waals surface area contributed by atoms with Crippen LogP contribution in [0.4, 0.5) is 0 Å². The number of nitrogens with zero attached hydrogens (tertiary/aromatic N) is 1. The van der Waals surface area contributed by atoms with Crippen LogP contribution in [0.25, 0.3) is 23.3 Å². The van der Waals surface area contributed by atoms with E-state index in [-0.39, 0.29) is 24.7 Å². The zero-order valence-corrected chi connectivity index (χ0v) is 25.1. The summed E-state index contributed by atoms with van der Waals surface area (Å²) in [6, 6.07) is 9.61. The molecule has 1 aromatic heterocycles. The van der Waals surface area contributed by atoms with Gasteiger partial charge in [0.05, 0.1) is 37.8 Å². The second-order valence-corrected chi connectivity index (χ2v) is 10.6. The van der Waals surface area contributed by atoms with E-state index in [0.29, 0.717) is 0 Å². The summed E-state index contributed by atoms with van der Waals surface area (Å²) >= 11 is 0. The van der Waals surface area contributed by atoms with E-state index in [1.165, 1.54) is 26.4 Å². The number of esters is 2. The van der Waals surface area contributed by atoms with Crippen LogP contribution in [0.15, 0.2) is 42.5 Å². The van der Waals surface area contributed by atoms with Gasteiger partial charge in [0.15, 0.2) is 0 Å². The molecule has 0 spiro atoms. The molecule has 1 aromatic carbocycles. The lowest BCUT2D eigenvalue weighted by Crippen LogP contribution is -2.16. The highest BCUT2D eigenvalue weighted by Gasteiger charge is 2.23. The lowest BCUT2D eigenvalue weighted by atomic mass is 9.86. The van der Waals surface area contributed by atoms with Gasteiger partial charge in [-0.2, -0.15) is 0 Å². The Labute approximate surface area is 247 Å². The maximum absolute atomic E-state index is 12.2. The quantitative estimate of drug-likeness (QED) is 0.225. The van der Waals surface area contributed by atoms with E-state index in [2.05, 4.69) is 9.47 Å². The molecule has 0 radical (unpaired) electrons. The number of ether oxygens (including phenoxy) is 2. The Morgan fingerprint density at radius 2 is 1.14 bits per heavy atom. The van der Waals surface area contributed by atoms with Crippen LogP contribution in [0.3, 0.4) is 0 Å². The topological polar surface area (TPSA) is 140 Å². The summed E-state index contributed by atoms with van der Waals surface area (Å²) in [6.45, 7) is 8.06. The number of pyridine rings is 1. The number of carbonyl (C=O) groups is 4. The Bertz CT molecular complexity index is 1230. The average Bonchev–Trinajstić information content (AvgIpc) is 2.94. The van der Waals surface area contributed by atoms with Gasteiger partial charge in [0, 0.05) is 24.0 Å². The van der Waals surface area contributed by atoms with Gasteiger partial charge in [0.25, 0.3) is 0 Å². The Hall–Kier alpha value is -3.95. The maximum atomic E-state index is 12.2. The summed E-state index contributed by atoms with van der Waals surface area (Å²) in [5, 5.41) is 21.2. The Balaban J connectivity index is 2.65. The smallest absolute Gasteiger partial charge is 0.313 e. The first-order valence-electron chi connectivity index (χ1n) is 13.9. The fourth-order valence-corrected chi connectivity index (χ4v) is 4.41. The van der Waals surface area contributed by atoms with Gasteiger partial charge in [-0.3, -0.25) is 24.2 Å². The number of aromatic nitrogens is 1. The van der Waals surface area contributed by atoms with Crippen molar-refractivity contribution in [1.29, 1.82) is 0 Å². The van der Waals surface area contributed by atoms with Gasteiger partial charge in [0.2, 0.25) is 0 Å². The number of carbonyl (C=O) groups excluding carboxylic acids is 4. The number of benzene rings is 1. The number of methoxy groups -OCH3 is 2. The molecule has 2 rings (SSSR count). The minimum Gasteiger partial charge on any atom is -0.469 e. The van der Waals surface area contributed by atoms with Gasteiger partial charge in [-0.1, -0.05) is 82.3 Å². The molecule has 2 unspecified atom stereocenters. The maximum Gasteiger partial charge on any atom is 0.313 e. The van der Waals surface area contributed by atoms with Crippen LogP contribution >= 0.6 is 0 Å². The Morgan fingerprint density at radius 1 is 0.738 bits per heavy atom. The zero-order chi connectivity index (χ0) is 31.4. The molecule has 2 N–H and O–H groups in total. The summed E-state index contributed by atoms with van der Waals surface area (Å²) in [5.74, 6) is -2.21. The van der Waals surface area contributed by atoms with E-state index in [1.807, 2.05) is 58.0 Å². The highest BCUT2D eigenvalue weighted by atomic mass is 16.5. The molecular formula is C33H41NO8. The fourth-order valence-electron chi connectivity index (χ4n) is 4.41. The van der Waals surface area contributed by atoms with Gasteiger partial charge in [-0.05, 0) is 23.0 Å². The van der Waals surface area contributed by atoms with Crippen LogP contribution in [-0.2, 0) is 28.7 Å². The van der Waals surface area contributed by atoms with E-state index in [0.717, 1.165) is 33.6 Å². The van der Waals surface area contributed by atoms with Gasteiger partial charge in [-0.25, -0.2) is 0 Å². The first-order valence-corrected chi connectivity index (χ1v) is 13.9. The van der Waals surface area contributed by atoms with Crippen molar-refractivity contribution in [2.75, 3.05) is 14.2 Å². The van der Waals surface area contributed by atoms with E-state index in [4.69, 9.17) is 4.98 Å². The van der Waals surface area contributed by atoms with Crippen LogP contribution in [0.1, 0.15) is 87.7 Å². The van der Waals surface area contributed by atoms with Crippen molar-refractivity contribution in [2.45, 2.75) is 77.4 Å². The molecule has 9 heteroatoms. The third-order valence-electron chi connectivity index (χ3n) is 6.47. The molecule has 0 saturated carbocycles. The number of aliphatic hydroxyl groups excluding tert-OH is 2. The third kappa shape index (κ3) is 10.2. The standard InChI is InChI=1S/C33H41NO8/c1-20(2)32-27(14-12-23(35)16-25(37)18-29(39)41-5)31(22-10-8-7-9-11-22)28(33(34-32)21(3)4)15-13-24(36)17-26(38)19-30(40)42-6/h7-15,20-21,23-24,35-36H,16-19H2,1-6H3/b14-12+,15-13+. The fraction of sp³-hybridized carbons (Fsp3) is 0.424. The summed E-state index contributed by atoms with van der Waals surface area (Å²) in [4.78, 5) is 52.3. The number of hydrogen-bond acceptors (Lipinski definition) is 9. The molecule has 0 bridgehead atoms. The SMILES string of the molecule is COC(=O)CC(=O)CC(O)/C=C/c1c(C(C)C)nc(C(C)C)c(/C=C/C(O)CC(=O)CC(=O)OC)c1-c1ccccc1. The molecule has 2 atom stereocenters. The number of rotatable bonds is 15. The molecule has 226 valence electrons. The number of aliphatic hydroxyl groups is 2. The van der Waals surface area contributed by atoms with E-state index in [9.17, 15) is 29.4 Å². The predicted molar refractivity (Wildman–Crippen MR) is 160 cm³/mol. The van der Waals surface area contributed by atoms with Crippen LogP contribution in [0.2, 0.25) is 0 Å². The number of hydrogen-bond donors (Lipinski definition) is 2. The average molecular weight is 580 g/mol. The zero-order valence-electron chi connectivity index (χ0n) is 25.1. The highest BCUT2D eigenvalue weighted by Crippen LogP contribution is 2.38. The minimum absolute atomic E-state index is 0.00211. The summed E-state index contributed by atoms with van der Waals surface area (Å²) in [5.41, 5.74) is 4.72. The van der Waals surface area contributed by atoms with Crippen molar-refractivity contribution in [3.05, 3.63) is 65.0 Å². The van der Waals surface area contributed by atoms with Gasteiger partial charge in [0.1, 0.15) is 24.4 Å². The van der Waals surface area contributed by atoms with Crippen molar-refractivity contribution in [2.24, 2.45) is 0 Å². The van der Waals surface area contributed by atoms with Gasteiger partial charge >= 0.3 is 11.9 Å². The van der Waals surface area contributed by atoms with Gasteiger partial charge in [-0.15, -0.1) is 0 Å². The summed E-state index contributed by atoms with van der Waals surface area (Å²) in [6.07, 6.45) is 2.86. The van der Waals surface area contributed by atoms with Crippen molar-refractivity contribution in [3.8, 4) is 11.1 Å². The van der Waals surface area contributed by atoms with Crippen LogP contribution in [0.5, 0.6) is 0 Å². The molecule has 0 saturated heterocycles. The molecule has 42 heavy (non-hydrogen) atoms. The molecule has 0 fully saturated rings. The van der Waals surface area contributed by atoms with Crippen molar-refractivity contribution >= 4 is 35.7 Å². The van der Waals surface area contributed by atoms with E-state index in [1.54, 1.807) is 12.2 Å². The number of Topliss-reactive ketones (excluding diaryl/α,β-unsaturated/α-hetero) is 2. The molecule has 2 aromatic rings. The van der Waals surface area contributed by atoms with Crippen LogP contribution in [0, 0.1) is 0 Å². The lowest BCUT2D eigenvalue weighted by molar-refractivity contribution is -0.145. The lowest BCUT2D eigenvalue weighted by Gasteiger charge is -2.22. The first kappa shape index (κ1) is 34.3. The highest BCUT2D eigenvalue weighted by molar-refractivity contribution is 5.96. The molecule has 0 amide bonds. The third-order valence-corrected chi connectivity index (χ3v) is 6.47. The first-order chi connectivity index (χ1) is 19.9. The molecule has 0 aliphatic heterocycles. The summed E-state index contributed by atoms with van der Waals surface area (Å²) < 4.78 is 9.07. The molecule has 0 aliphatic rings. The van der Waals surface area contributed by atoms with Crippen LogP contribution in [-0.4, -0.2) is 65.1 Å². The van der Waals surface area contributed by atoms with Crippen molar-refractivity contribution in [3.63, 3.8) is 0 Å². The molecule has 0 aliphatic carbocycles. The second kappa shape index (κ2) is 16.5. The Kier molecular flexibility index (Phi) is 13.4. The van der Waals surface area contributed by atoms with Crippen molar-refractivity contribution < 1.29 is 38.9 Å². The van der Waals surface area contributed by atoms with E-state index < -0.39 is 48.6 Å². The molecular weight excluding hydrogens is 538 g/mol. The van der Waals surface area contributed by atoms with E-state index >= 15 is 0 Å². The normalized spacial score (nSPS) is 13.1.